The summed E-state index contributed by atoms with van der Waals surface area (Å²) in [5, 5.41) is 21.9. The first-order valence-corrected chi connectivity index (χ1v) is 12.8. The number of carbonyl (C=O) groups is 7. The van der Waals surface area contributed by atoms with Crippen LogP contribution >= 0.6 is 0 Å². The smallest absolute Gasteiger partial charge is 0.346 e. The van der Waals surface area contributed by atoms with Crippen LogP contribution in [-0.4, -0.2) is 99.1 Å². The van der Waals surface area contributed by atoms with E-state index in [1.807, 2.05) is 0 Å². The molecule has 0 saturated heterocycles. The van der Waals surface area contributed by atoms with E-state index in [2.05, 4.69) is 5.32 Å². The van der Waals surface area contributed by atoms with Gasteiger partial charge in [0.25, 0.3) is 5.54 Å². The van der Waals surface area contributed by atoms with Gasteiger partial charge in [0.2, 0.25) is 23.5 Å². The molecule has 0 fully saturated rings. The summed E-state index contributed by atoms with van der Waals surface area (Å²) in [5.41, 5.74) is 24.7. The number of carbonyl (C=O) groups excluding carboxylic acids is 5. The molecule has 0 aliphatic heterocycles. The number of carboxylic acids is 2. The van der Waals surface area contributed by atoms with E-state index in [4.69, 9.17) is 28.7 Å². The minimum Gasteiger partial charge on any atom is -0.481 e. The number of hydrogen-bond acceptors (Lipinski definition) is 12. The van der Waals surface area contributed by atoms with Crippen molar-refractivity contribution in [3.63, 3.8) is 0 Å². The maximum atomic E-state index is 14.2. The number of nitrogens with one attached hydrogen (secondary N) is 1. The molecule has 5 atom stereocenters. The van der Waals surface area contributed by atoms with Gasteiger partial charge in [0.05, 0.1) is 37.1 Å². The van der Waals surface area contributed by atoms with E-state index in [0.717, 1.165) is 0 Å². The second kappa shape index (κ2) is 16.1. The van der Waals surface area contributed by atoms with Crippen molar-refractivity contribution in [1.29, 1.82) is 0 Å². The fourth-order valence-corrected chi connectivity index (χ4v) is 3.86. The number of aliphatic carboxylic acids is 2. The number of imide groups is 1. The summed E-state index contributed by atoms with van der Waals surface area (Å²) in [6, 6.07) is -6.71. The first kappa shape index (κ1) is 36.7. The Morgan fingerprint density at radius 2 is 1.38 bits per heavy atom. The number of nitrogens with zero attached hydrogens (tertiary/aromatic N) is 1. The summed E-state index contributed by atoms with van der Waals surface area (Å²) in [7, 11) is 0. The van der Waals surface area contributed by atoms with Crippen molar-refractivity contribution in [2.75, 3.05) is 13.1 Å². The Bertz CT molecular complexity index is 972. The zero-order valence-electron chi connectivity index (χ0n) is 23.3. The third kappa shape index (κ3) is 8.59. The second-order valence-corrected chi connectivity index (χ2v) is 10.1. The Labute approximate surface area is 232 Å². The number of amides is 3. The average molecular weight is 574 g/mol. The summed E-state index contributed by atoms with van der Waals surface area (Å²) in [4.78, 5) is 91.3. The average Bonchev–Trinajstić information content (AvgIpc) is 2.87. The molecule has 0 saturated carbocycles. The number of rotatable bonds is 18. The molecule has 0 spiro atoms. The quantitative estimate of drug-likeness (QED) is 0.0586. The molecule has 5 unspecified atom stereocenters. The Balaban J connectivity index is 7.30. The maximum Gasteiger partial charge on any atom is 0.346 e. The highest BCUT2D eigenvalue weighted by Gasteiger charge is 2.64. The van der Waals surface area contributed by atoms with Gasteiger partial charge < -0.3 is 44.2 Å². The van der Waals surface area contributed by atoms with E-state index in [-0.39, 0.29) is 11.3 Å². The number of ketones is 2. The molecule has 13 N–H and O–H groups in total. The van der Waals surface area contributed by atoms with E-state index in [1.165, 1.54) is 27.7 Å². The van der Waals surface area contributed by atoms with Gasteiger partial charge in [-0.05, 0) is 31.2 Å². The molecule has 0 aliphatic carbocycles. The van der Waals surface area contributed by atoms with Gasteiger partial charge in [-0.3, -0.25) is 28.8 Å². The first-order chi connectivity index (χ1) is 18.4. The Hall–Kier alpha value is -3.31. The molecule has 0 rings (SSSR count). The van der Waals surface area contributed by atoms with Crippen LogP contribution in [0.15, 0.2) is 0 Å². The van der Waals surface area contributed by atoms with E-state index >= 15 is 0 Å². The zero-order valence-corrected chi connectivity index (χ0v) is 23.3. The van der Waals surface area contributed by atoms with Crippen LogP contribution in [0.2, 0.25) is 0 Å². The van der Waals surface area contributed by atoms with Crippen molar-refractivity contribution >= 4 is 41.2 Å². The lowest BCUT2D eigenvalue weighted by Gasteiger charge is -2.41. The zero-order chi connectivity index (χ0) is 31.5. The topological polar surface area (TPSA) is 305 Å². The third-order valence-corrected chi connectivity index (χ3v) is 6.29. The van der Waals surface area contributed by atoms with Gasteiger partial charge in [-0.2, -0.15) is 0 Å². The van der Waals surface area contributed by atoms with Crippen molar-refractivity contribution < 1.29 is 43.8 Å². The summed E-state index contributed by atoms with van der Waals surface area (Å²) >= 11 is 0. The molecule has 0 heterocycles. The molecule has 0 radical (unpaired) electrons. The van der Waals surface area contributed by atoms with Gasteiger partial charge in [0.15, 0.2) is 5.78 Å². The van der Waals surface area contributed by atoms with Gasteiger partial charge in [-0.1, -0.05) is 34.1 Å². The van der Waals surface area contributed by atoms with Gasteiger partial charge in [0, 0.05) is 0 Å². The molecular weight excluding hydrogens is 530 g/mol. The number of carboxylic acid groups (broad SMARTS) is 2. The summed E-state index contributed by atoms with van der Waals surface area (Å²) in [6.45, 7) is 5.02. The summed E-state index contributed by atoms with van der Waals surface area (Å²) < 4.78 is 0. The molecule has 0 aromatic heterocycles. The van der Waals surface area contributed by atoms with Gasteiger partial charge in [-0.25, -0.2) is 9.69 Å². The molecule has 0 aliphatic rings. The molecule has 0 bridgehead atoms. The molecule has 40 heavy (non-hydrogen) atoms. The van der Waals surface area contributed by atoms with Gasteiger partial charge in [-0.15, -0.1) is 0 Å². The fourth-order valence-electron chi connectivity index (χ4n) is 3.86. The van der Waals surface area contributed by atoms with Crippen molar-refractivity contribution in [3.05, 3.63) is 0 Å². The number of Topliss-reactive ketones (excluding diaryl/α,β-unsaturated/α-hetero) is 2. The summed E-state index contributed by atoms with van der Waals surface area (Å²) in [5.74, 6) is -12.8. The van der Waals surface area contributed by atoms with Crippen LogP contribution in [0.25, 0.3) is 0 Å². The Morgan fingerprint density at radius 1 is 0.825 bits per heavy atom. The van der Waals surface area contributed by atoms with Crippen molar-refractivity contribution in [2.45, 2.75) is 83.1 Å². The lowest BCUT2D eigenvalue weighted by molar-refractivity contribution is -0.176. The fraction of sp³-hybridized carbons (Fsp3) is 0.708. The number of hydrogen-bond donors (Lipinski definition) is 8. The highest BCUT2D eigenvalue weighted by atomic mass is 16.4. The molecule has 16 heteroatoms. The minimum absolute atomic E-state index is 0.158. The lowest BCUT2D eigenvalue weighted by Crippen LogP contribution is -2.76. The van der Waals surface area contributed by atoms with E-state index in [0.29, 0.717) is 19.4 Å². The van der Waals surface area contributed by atoms with Crippen LogP contribution in [0.5, 0.6) is 0 Å². The van der Waals surface area contributed by atoms with Crippen LogP contribution in [0.4, 0.5) is 0 Å². The van der Waals surface area contributed by atoms with Crippen LogP contribution in [-0.2, 0) is 33.6 Å². The van der Waals surface area contributed by atoms with Gasteiger partial charge in [0.1, 0.15) is 0 Å². The van der Waals surface area contributed by atoms with E-state index < -0.39 is 95.7 Å². The predicted octanol–water partition coefficient (Wildman–Crippen LogP) is -3.36. The van der Waals surface area contributed by atoms with Crippen LogP contribution in [0, 0.1) is 11.8 Å². The monoisotopic (exact) mass is 573 g/mol. The summed E-state index contributed by atoms with van der Waals surface area (Å²) in [6.07, 6.45) is 0.0301. The lowest BCUT2D eigenvalue weighted by atomic mass is 9.76. The standard InChI is InChI=1S/C24H43N7O9/c1-11(2)17(29)22(38)31(15(32)10-26)24(23(39)40,19(35)14(28)9-16(33)34)20(36)18(12(3)4)30-21(37)13(27)7-5-6-8-25/h11-14,17-18H,5-10,25-29H2,1-4H3,(H,30,37)(H,33,34)(H,39,40). The third-order valence-electron chi connectivity index (χ3n) is 6.29. The largest absolute Gasteiger partial charge is 0.481 e. The second-order valence-electron chi connectivity index (χ2n) is 10.1. The number of nitrogens with two attached hydrogens (primary N) is 5. The SMILES string of the molecule is CC(C)C(N)C(=O)N(C(=O)CN)C(C(=O)O)(C(=O)C(N)CC(=O)O)C(=O)C(NC(=O)C(N)CCCCN)C(C)C. The highest BCUT2D eigenvalue weighted by Crippen LogP contribution is 2.28. The van der Waals surface area contributed by atoms with Crippen molar-refractivity contribution in [1.82, 2.24) is 10.2 Å². The Kier molecular flexibility index (Phi) is 14.7. The van der Waals surface area contributed by atoms with Crippen LogP contribution < -0.4 is 34.0 Å². The minimum atomic E-state index is -3.72. The normalized spacial score (nSPS) is 15.9. The molecule has 0 aromatic carbocycles. The number of unbranched alkanes of at least 4 members (excludes halogenated alkanes) is 1. The van der Waals surface area contributed by atoms with Gasteiger partial charge >= 0.3 is 11.9 Å². The molecule has 228 valence electrons. The van der Waals surface area contributed by atoms with Crippen LogP contribution in [0.3, 0.4) is 0 Å². The van der Waals surface area contributed by atoms with E-state index in [9.17, 15) is 43.8 Å². The predicted molar refractivity (Wildman–Crippen MR) is 142 cm³/mol. The molecule has 3 amide bonds. The molecule has 0 aromatic rings. The molecule has 16 nitrogen and oxygen atoms in total. The van der Waals surface area contributed by atoms with E-state index in [1.54, 1.807) is 0 Å². The van der Waals surface area contributed by atoms with Crippen molar-refractivity contribution in [2.24, 2.45) is 40.5 Å². The maximum absolute atomic E-state index is 14.2. The first-order valence-electron chi connectivity index (χ1n) is 12.8. The molecular formula is C24H43N7O9. The highest BCUT2D eigenvalue weighted by molar-refractivity contribution is 6.33. The van der Waals surface area contributed by atoms with Crippen LogP contribution in [0.1, 0.15) is 53.4 Å². The van der Waals surface area contributed by atoms with Crippen molar-refractivity contribution in [3.8, 4) is 0 Å². The Morgan fingerprint density at radius 3 is 1.77 bits per heavy atom.